The van der Waals surface area contributed by atoms with Gasteiger partial charge in [0.25, 0.3) is 0 Å². The largest absolute Gasteiger partial charge is 0.208 e. The van der Waals surface area contributed by atoms with E-state index in [4.69, 9.17) is 15.0 Å². The first-order valence-electron chi connectivity index (χ1n) is 22.4. The smallest absolute Gasteiger partial charge is 0.164 e. The maximum Gasteiger partial charge on any atom is 0.164 e. The summed E-state index contributed by atoms with van der Waals surface area (Å²) in [7, 11) is 0. The Morgan fingerprint density at radius 3 is 0.879 bits per heavy atom. The Hall–Kier alpha value is -8.79. The van der Waals surface area contributed by atoms with Crippen molar-refractivity contribution in [1.29, 1.82) is 0 Å². The normalized spacial score (nSPS) is 11.3. The van der Waals surface area contributed by atoms with Gasteiger partial charge in [0, 0.05) is 16.7 Å². The summed E-state index contributed by atoms with van der Waals surface area (Å²) in [5.74, 6) is 1.86. The van der Waals surface area contributed by atoms with E-state index < -0.39 is 0 Å². The SMILES string of the molecule is c1ccc(-c2cc(-c3ccccc3)cc(-c3cccc(-c4nc(-c5ccccc5)nc(-c5cccc(-c6cccc(-c7ccc8c9ccccc9c9ccccc9c8c7)c6)c5)n4)c3)c2)cc1. The summed E-state index contributed by atoms with van der Waals surface area (Å²) in [6.07, 6.45) is 0. The average molecular weight is 840 g/mol. The van der Waals surface area contributed by atoms with Crippen LogP contribution in [-0.2, 0) is 0 Å². The van der Waals surface area contributed by atoms with Crippen LogP contribution < -0.4 is 0 Å². The Morgan fingerprint density at radius 1 is 0.152 bits per heavy atom. The van der Waals surface area contributed by atoms with Gasteiger partial charge in [0.2, 0.25) is 0 Å². The molecule has 308 valence electrons. The number of rotatable bonds is 8. The predicted molar refractivity (Wildman–Crippen MR) is 276 cm³/mol. The van der Waals surface area contributed by atoms with Gasteiger partial charge in [-0.25, -0.2) is 15.0 Å². The Kier molecular flexibility index (Phi) is 9.85. The van der Waals surface area contributed by atoms with Crippen molar-refractivity contribution in [1.82, 2.24) is 15.0 Å². The molecule has 0 aliphatic heterocycles. The molecular formula is C63H41N3. The summed E-state index contributed by atoms with van der Waals surface area (Å²) in [5.41, 5.74) is 14.2. The van der Waals surface area contributed by atoms with Gasteiger partial charge in [-0.3, -0.25) is 0 Å². The summed E-state index contributed by atoms with van der Waals surface area (Å²) in [6, 6.07) is 88.5. The second kappa shape index (κ2) is 16.7. The highest BCUT2D eigenvalue weighted by molar-refractivity contribution is 6.25. The average Bonchev–Trinajstić information content (AvgIpc) is 3.41. The molecule has 3 heteroatoms. The molecule has 11 aromatic carbocycles. The van der Waals surface area contributed by atoms with Gasteiger partial charge in [0.1, 0.15) is 0 Å². The Bertz CT molecular complexity index is 3660. The van der Waals surface area contributed by atoms with Crippen molar-refractivity contribution in [2.45, 2.75) is 0 Å². The fourth-order valence-corrected chi connectivity index (χ4v) is 9.38. The molecule has 0 atom stereocenters. The number of hydrogen-bond donors (Lipinski definition) is 0. The minimum absolute atomic E-state index is 0.618. The van der Waals surface area contributed by atoms with Crippen molar-refractivity contribution < 1.29 is 0 Å². The summed E-state index contributed by atoms with van der Waals surface area (Å²) in [4.78, 5) is 15.5. The zero-order valence-corrected chi connectivity index (χ0v) is 36.0. The quantitative estimate of drug-likeness (QED) is 0.143. The number of nitrogens with zero attached hydrogens (tertiary/aromatic N) is 3. The van der Waals surface area contributed by atoms with Crippen LogP contribution in [0.3, 0.4) is 0 Å². The van der Waals surface area contributed by atoms with Gasteiger partial charge in [-0.2, -0.15) is 0 Å². The van der Waals surface area contributed by atoms with Crippen LogP contribution in [0.15, 0.2) is 249 Å². The fourth-order valence-electron chi connectivity index (χ4n) is 9.38. The van der Waals surface area contributed by atoms with E-state index in [1.54, 1.807) is 0 Å². The Balaban J connectivity index is 0.934. The van der Waals surface area contributed by atoms with Gasteiger partial charge in [0.05, 0.1) is 0 Å². The highest BCUT2D eigenvalue weighted by Crippen LogP contribution is 2.39. The van der Waals surface area contributed by atoms with Crippen LogP contribution in [0.25, 0.3) is 122 Å². The van der Waals surface area contributed by atoms with Crippen LogP contribution in [0.4, 0.5) is 0 Å². The van der Waals surface area contributed by atoms with Crippen LogP contribution in [-0.4, -0.2) is 15.0 Å². The standard InChI is InChI=1S/C63H41N3/c1-4-17-42(18-5-1)52-38-53(43-19-6-2-7-20-43)40-54(39-52)48-26-16-28-51(37-48)63-65-61(44-21-8-3-9-22-44)64-62(66-63)50-27-15-25-47(36-50)45-23-14-24-46(35-45)49-33-34-59-57-31-11-10-29-55(57)56-30-12-13-32-58(56)60(59)41-49/h1-41H. The first kappa shape index (κ1) is 38.9. The zero-order chi connectivity index (χ0) is 43.8. The maximum absolute atomic E-state index is 5.22. The second-order valence-corrected chi connectivity index (χ2v) is 16.8. The molecule has 1 heterocycles. The van der Waals surface area contributed by atoms with Crippen LogP contribution in [0, 0.1) is 0 Å². The highest BCUT2D eigenvalue weighted by atomic mass is 15.0. The molecule has 0 saturated heterocycles. The molecule has 0 amide bonds. The lowest BCUT2D eigenvalue weighted by molar-refractivity contribution is 1.07. The lowest BCUT2D eigenvalue weighted by Crippen LogP contribution is -2.00. The number of hydrogen-bond acceptors (Lipinski definition) is 3. The molecule has 0 unspecified atom stereocenters. The molecule has 66 heavy (non-hydrogen) atoms. The van der Waals surface area contributed by atoms with E-state index in [1.165, 1.54) is 49.0 Å². The van der Waals surface area contributed by atoms with Crippen molar-refractivity contribution >= 4 is 32.3 Å². The summed E-state index contributed by atoms with van der Waals surface area (Å²) < 4.78 is 0. The van der Waals surface area contributed by atoms with E-state index in [-0.39, 0.29) is 0 Å². The van der Waals surface area contributed by atoms with E-state index in [2.05, 4.69) is 231 Å². The van der Waals surface area contributed by atoms with Gasteiger partial charge >= 0.3 is 0 Å². The lowest BCUT2D eigenvalue weighted by atomic mass is 9.91. The fraction of sp³-hybridized carbons (Fsp3) is 0. The molecule has 0 radical (unpaired) electrons. The predicted octanol–water partition coefficient (Wildman–Crippen LogP) is 16.7. The van der Waals surface area contributed by atoms with Crippen LogP contribution in [0.2, 0.25) is 0 Å². The van der Waals surface area contributed by atoms with Crippen LogP contribution in [0.5, 0.6) is 0 Å². The molecule has 0 aliphatic carbocycles. The number of benzene rings is 11. The number of fused-ring (bicyclic) bond motifs is 6. The minimum atomic E-state index is 0.618. The van der Waals surface area contributed by atoms with E-state index in [9.17, 15) is 0 Å². The van der Waals surface area contributed by atoms with Gasteiger partial charge in [-0.15, -0.1) is 0 Å². The Morgan fingerprint density at radius 2 is 0.424 bits per heavy atom. The molecular weight excluding hydrogens is 799 g/mol. The molecule has 0 saturated carbocycles. The van der Waals surface area contributed by atoms with Crippen molar-refractivity contribution in [2.24, 2.45) is 0 Å². The van der Waals surface area contributed by atoms with Crippen molar-refractivity contribution in [3.63, 3.8) is 0 Å². The summed E-state index contributed by atoms with van der Waals surface area (Å²) in [5, 5.41) is 7.64. The number of aromatic nitrogens is 3. The molecule has 3 nitrogen and oxygen atoms in total. The van der Waals surface area contributed by atoms with Crippen molar-refractivity contribution in [2.75, 3.05) is 0 Å². The molecule has 0 N–H and O–H groups in total. The lowest BCUT2D eigenvalue weighted by Gasteiger charge is -2.13. The summed E-state index contributed by atoms with van der Waals surface area (Å²) in [6.45, 7) is 0. The Labute approximate surface area is 384 Å². The third-order valence-electron chi connectivity index (χ3n) is 12.7. The van der Waals surface area contributed by atoms with Crippen molar-refractivity contribution in [3.8, 4) is 89.8 Å². The van der Waals surface area contributed by atoms with Gasteiger partial charge in [0.15, 0.2) is 17.5 Å². The molecule has 0 aliphatic rings. The minimum Gasteiger partial charge on any atom is -0.208 e. The van der Waals surface area contributed by atoms with E-state index in [0.717, 1.165) is 55.6 Å². The zero-order valence-electron chi connectivity index (χ0n) is 36.0. The van der Waals surface area contributed by atoms with E-state index in [0.29, 0.717) is 17.5 Å². The van der Waals surface area contributed by atoms with E-state index >= 15 is 0 Å². The molecule has 1 aromatic heterocycles. The van der Waals surface area contributed by atoms with Gasteiger partial charge in [-0.1, -0.05) is 206 Å². The first-order chi connectivity index (χ1) is 32.7. The van der Waals surface area contributed by atoms with Crippen LogP contribution in [0.1, 0.15) is 0 Å². The van der Waals surface area contributed by atoms with Crippen molar-refractivity contribution in [3.05, 3.63) is 249 Å². The topological polar surface area (TPSA) is 38.7 Å². The molecule has 0 fully saturated rings. The second-order valence-electron chi connectivity index (χ2n) is 16.8. The maximum atomic E-state index is 5.22. The molecule has 12 rings (SSSR count). The summed E-state index contributed by atoms with van der Waals surface area (Å²) >= 11 is 0. The third-order valence-corrected chi connectivity index (χ3v) is 12.7. The monoisotopic (exact) mass is 839 g/mol. The molecule has 12 aromatic rings. The van der Waals surface area contributed by atoms with Gasteiger partial charge < -0.3 is 0 Å². The molecule has 0 spiro atoms. The molecule has 0 bridgehead atoms. The van der Waals surface area contributed by atoms with Crippen LogP contribution >= 0.6 is 0 Å². The van der Waals surface area contributed by atoms with E-state index in [1.807, 2.05) is 18.2 Å². The third kappa shape index (κ3) is 7.39. The first-order valence-corrected chi connectivity index (χ1v) is 22.4. The highest BCUT2D eigenvalue weighted by Gasteiger charge is 2.16. The van der Waals surface area contributed by atoms with Gasteiger partial charge in [-0.05, 0) is 130 Å².